The molecule has 2 aliphatic rings. The first-order valence-electron chi connectivity index (χ1n) is 9.34. The van der Waals surface area contributed by atoms with Crippen molar-refractivity contribution in [2.75, 3.05) is 36.4 Å². The monoisotopic (exact) mass is 355 g/mol. The zero-order chi connectivity index (χ0) is 17.8. The molecule has 0 radical (unpaired) electrons. The van der Waals surface area contributed by atoms with E-state index in [1.807, 2.05) is 6.07 Å². The van der Waals surface area contributed by atoms with Gasteiger partial charge in [0.15, 0.2) is 5.82 Å². The third-order valence-electron chi connectivity index (χ3n) is 4.99. The molecule has 138 valence electrons. The Morgan fingerprint density at radius 1 is 1.04 bits per heavy atom. The van der Waals surface area contributed by atoms with Crippen LogP contribution in [-0.4, -0.2) is 63.4 Å². The van der Waals surface area contributed by atoms with Crippen molar-refractivity contribution in [2.24, 2.45) is 0 Å². The molecule has 0 amide bonds. The van der Waals surface area contributed by atoms with Gasteiger partial charge in [0.05, 0.1) is 11.7 Å². The molecule has 8 heteroatoms. The summed E-state index contributed by atoms with van der Waals surface area (Å²) in [5.41, 5.74) is 0.805. The highest BCUT2D eigenvalue weighted by Crippen LogP contribution is 2.20. The maximum absolute atomic E-state index is 9.62. The Bertz CT molecular complexity index is 710. The highest BCUT2D eigenvalue weighted by atomic mass is 16.3. The van der Waals surface area contributed by atoms with Crippen LogP contribution in [-0.2, 0) is 0 Å². The lowest BCUT2D eigenvalue weighted by Crippen LogP contribution is -2.36. The molecule has 0 aliphatic carbocycles. The molecule has 4 rings (SSSR count). The van der Waals surface area contributed by atoms with Gasteiger partial charge in [0.2, 0.25) is 5.95 Å². The van der Waals surface area contributed by atoms with Crippen LogP contribution in [0.15, 0.2) is 24.7 Å². The molecule has 3 N–H and O–H groups in total. The summed E-state index contributed by atoms with van der Waals surface area (Å²) in [5.74, 6) is 2.17. The second-order valence-corrected chi connectivity index (χ2v) is 6.92. The standard InChI is InChI=1S/C18H25N7O/c26-15-4-9-25(10-5-15)18-21-11-13(12-22-18)17-20-8-3-16(24-17)23-14-1-6-19-7-2-14/h3,8,11-12,14-15,19,26H,1-2,4-7,9-10H2,(H,20,23,24). The smallest absolute Gasteiger partial charge is 0.225 e. The van der Waals surface area contributed by atoms with Crippen molar-refractivity contribution in [3.05, 3.63) is 24.7 Å². The molecule has 2 aromatic rings. The molecule has 0 bridgehead atoms. The maximum Gasteiger partial charge on any atom is 0.225 e. The molecule has 8 nitrogen and oxygen atoms in total. The molecule has 0 aromatic carbocycles. The summed E-state index contributed by atoms with van der Waals surface area (Å²) in [6, 6.07) is 2.35. The van der Waals surface area contributed by atoms with Crippen LogP contribution >= 0.6 is 0 Å². The van der Waals surface area contributed by atoms with Crippen LogP contribution < -0.4 is 15.5 Å². The minimum atomic E-state index is -0.200. The van der Waals surface area contributed by atoms with Crippen molar-refractivity contribution >= 4 is 11.8 Å². The Labute approximate surface area is 153 Å². The van der Waals surface area contributed by atoms with Gasteiger partial charge >= 0.3 is 0 Å². The summed E-state index contributed by atoms with van der Waals surface area (Å²) < 4.78 is 0. The number of hydrogen-bond donors (Lipinski definition) is 3. The van der Waals surface area contributed by atoms with Gasteiger partial charge in [-0.05, 0) is 44.8 Å². The Hall–Kier alpha value is -2.32. The Balaban J connectivity index is 1.44. The fraction of sp³-hybridized carbons (Fsp3) is 0.556. The molecular weight excluding hydrogens is 330 g/mol. The van der Waals surface area contributed by atoms with E-state index in [1.165, 1.54) is 0 Å². The normalized spacial score (nSPS) is 19.5. The average molecular weight is 355 g/mol. The van der Waals surface area contributed by atoms with E-state index in [4.69, 9.17) is 0 Å². The van der Waals surface area contributed by atoms with Gasteiger partial charge < -0.3 is 20.6 Å². The van der Waals surface area contributed by atoms with Crippen LogP contribution in [0.25, 0.3) is 11.4 Å². The number of aromatic nitrogens is 4. The van der Waals surface area contributed by atoms with Gasteiger partial charge in [-0.2, -0.15) is 0 Å². The third-order valence-corrected chi connectivity index (χ3v) is 4.99. The van der Waals surface area contributed by atoms with Crippen molar-refractivity contribution in [1.29, 1.82) is 0 Å². The predicted molar refractivity (Wildman–Crippen MR) is 100 cm³/mol. The van der Waals surface area contributed by atoms with Crippen LogP contribution in [0.1, 0.15) is 25.7 Å². The quantitative estimate of drug-likeness (QED) is 0.749. The van der Waals surface area contributed by atoms with Crippen molar-refractivity contribution in [3.8, 4) is 11.4 Å². The number of rotatable bonds is 4. The Morgan fingerprint density at radius 2 is 1.77 bits per heavy atom. The topological polar surface area (TPSA) is 99.1 Å². The number of piperidine rings is 2. The molecule has 26 heavy (non-hydrogen) atoms. The number of nitrogens with one attached hydrogen (secondary N) is 2. The lowest BCUT2D eigenvalue weighted by Gasteiger charge is -2.29. The van der Waals surface area contributed by atoms with E-state index in [1.54, 1.807) is 18.6 Å². The van der Waals surface area contributed by atoms with E-state index < -0.39 is 0 Å². The molecule has 0 unspecified atom stereocenters. The molecular formula is C18H25N7O. The number of aliphatic hydroxyl groups excluding tert-OH is 1. The van der Waals surface area contributed by atoms with Gasteiger partial charge in [-0.15, -0.1) is 0 Å². The zero-order valence-electron chi connectivity index (χ0n) is 14.8. The summed E-state index contributed by atoms with van der Waals surface area (Å²) in [5, 5.41) is 16.5. The van der Waals surface area contributed by atoms with E-state index in [0.717, 1.165) is 63.2 Å². The largest absolute Gasteiger partial charge is 0.393 e. The Kier molecular flexibility index (Phi) is 5.21. The summed E-state index contributed by atoms with van der Waals surface area (Å²) in [6.45, 7) is 3.65. The summed E-state index contributed by atoms with van der Waals surface area (Å²) >= 11 is 0. The summed E-state index contributed by atoms with van der Waals surface area (Å²) in [7, 11) is 0. The zero-order valence-corrected chi connectivity index (χ0v) is 14.8. The third kappa shape index (κ3) is 4.08. The minimum absolute atomic E-state index is 0.200. The lowest BCUT2D eigenvalue weighted by atomic mass is 10.1. The van der Waals surface area contributed by atoms with E-state index >= 15 is 0 Å². The second-order valence-electron chi connectivity index (χ2n) is 6.92. The second kappa shape index (κ2) is 7.92. The summed E-state index contributed by atoms with van der Waals surface area (Å²) in [4.78, 5) is 20.0. The van der Waals surface area contributed by atoms with Crippen LogP contribution in [0.2, 0.25) is 0 Å². The number of nitrogens with zero attached hydrogens (tertiary/aromatic N) is 5. The van der Waals surface area contributed by atoms with E-state index in [0.29, 0.717) is 17.8 Å². The number of anilines is 2. The lowest BCUT2D eigenvalue weighted by molar-refractivity contribution is 0.145. The van der Waals surface area contributed by atoms with Gasteiger partial charge in [-0.1, -0.05) is 0 Å². The molecule has 0 spiro atoms. The predicted octanol–water partition coefficient (Wildman–Crippen LogP) is 1.06. The van der Waals surface area contributed by atoms with Gasteiger partial charge in [-0.25, -0.2) is 19.9 Å². The van der Waals surface area contributed by atoms with E-state index in [2.05, 4.69) is 35.5 Å². The summed E-state index contributed by atoms with van der Waals surface area (Å²) in [6.07, 6.45) is 8.84. The molecule has 0 atom stereocenters. The van der Waals surface area contributed by atoms with Gasteiger partial charge in [0.1, 0.15) is 5.82 Å². The number of aliphatic hydroxyl groups is 1. The molecule has 0 saturated carbocycles. The van der Waals surface area contributed by atoms with Crippen LogP contribution in [0.3, 0.4) is 0 Å². The van der Waals surface area contributed by atoms with E-state index in [9.17, 15) is 5.11 Å². The highest BCUT2D eigenvalue weighted by molar-refractivity contribution is 5.55. The van der Waals surface area contributed by atoms with Gasteiger partial charge in [0, 0.05) is 37.7 Å². The molecule has 2 fully saturated rings. The van der Waals surface area contributed by atoms with Gasteiger partial charge in [-0.3, -0.25) is 0 Å². The van der Waals surface area contributed by atoms with Crippen LogP contribution in [0.5, 0.6) is 0 Å². The molecule has 2 aromatic heterocycles. The van der Waals surface area contributed by atoms with Crippen LogP contribution in [0, 0.1) is 0 Å². The highest BCUT2D eigenvalue weighted by Gasteiger charge is 2.19. The van der Waals surface area contributed by atoms with Crippen molar-refractivity contribution in [2.45, 2.75) is 37.8 Å². The molecule has 2 aliphatic heterocycles. The fourth-order valence-corrected chi connectivity index (χ4v) is 3.42. The average Bonchev–Trinajstić information content (AvgIpc) is 2.70. The van der Waals surface area contributed by atoms with E-state index in [-0.39, 0.29) is 6.10 Å². The molecule has 4 heterocycles. The number of hydrogen-bond acceptors (Lipinski definition) is 8. The fourth-order valence-electron chi connectivity index (χ4n) is 3.42. The maximum atomic E-state index is 9.62. The Morgan fingerprint density at radius 3 is 2.50 bits per heavy atom. The minimum Gasteiger partial charge on any atom is -0.393 e. The first-order valence-corrected chi connectivity index (χ1v) is 9.34. The van der Waals surface area contributed by atoms with Crippen molar-refractivity contribution in [1.82, 2.24) is 25.3 Å². The SMILES string of the molecule is OC1CCN(c2ncc(-c3nccc(NC4CCNCC4)n3)cn2)CC1. The first-order chi connectivity index (χ1) is 12.8. The first kappa shape index (κ1) is 17.1. The van der Waals surface area contributed by atoms with Gasteiger partial charge in [0.25, 0.3) is 0 Å². The molecule has 2 saturated heterocycles. The van der Waals surface area contributed by atoms with Crippen molar-refractivity contribution < 1.29 is 5.11 Å². The van der Waals surface area contributed by atoms with Crippen LogP contribution in [0.4, 0.5) is 11.8 Å². The van der Waals surface area contributed by atoms with Crippen molar-refractivity contribution in [3.63, 3.8) is 0 Å².